The van der Waals surface area contributed by atoms with Gasteiger partial charge in [0, 0.05) is 24.1 Å². The predicted molar refractivity (Wildman–Crippen MR) is 120 cm³/mol. The fourth-order valence-electron chi connectivity index (χ4n) is 3.41. The van der Waals surface area contributed by atoms with E-state index in [0.29, 0.717) is 18.5 Å². The van der Waals surface area contributed by atoms with Crippen molar-refractivity contribution in [3.8, 4) is 0 Å². The fraction of sp³-hybridized carbons (Fsp3) is 0.650. The molecule has 0 spiro atoms. The first-order valence-electron chi connectivity index (χ1n) is 10.7. The van der Waals surface area contributed by atoms with E-state index in [1.54, 1.807) is 6.92 Å². The topological polar surface area (TPSA) is 165 Å². The summed E-state index contributed by atoms with van der Waals surface area (Å²) >= 11 is 4.17. The maximum absolute atomic E-state index is 12.9. The first kappa shape index (κ1) is 25.7. The Kier molecular flexibility index (Phi) is 9.97. The van der Waals surface area contributed by atoms with Gasteiger partial charge in [0.2, 0.25) is 17.7 Å². The zero-order valence-corrected chi connectivity index (χ0v) is 19.2. The van der Waals surface area contributed by atoms with E-state index in [1.807, 2.05) is 6.92 Å². The van der Waals surface area contributed by atoms with Gasteiger partial charge in [-0.15, -0.1) is 0 Å². The van der Waals surface area contributed by atoms with E-state index >= 15 is 0 Å². The molecule has 0 radical (unpaired) electrons. The van der Waals surface area contributed by atoms with Crippen LogP contribution >= 0.6 is 12.6 Å². The van der Waals surface area contributed by atoms with Crippen LogP contribution in [0.15, 0.2) is 12.5 Å². The largest absolute Gasteiger partial charge is 0.480 e. The Morgan fingerprint density at radius 1 is 1.22 bits per heavy atom. The highest BCUT2D eigenvalue weighted by atomic mass is 32.1. The molecule has 1 aromatic heterocycles. The van der Waals surface area contributed by atoms with Crippen molar-refractivity contribution in [1.29, 1.82) is 0 Å². The second kappa shape index (κ2) is 12.4. The molecule has 178 valence electrons. The second-order valence-electron chi connectivity index (χ2n) is 7.94. The first-order valence-corrected chi connectivity index (χ1v) is 11.3. The van der Waals surface area contributed by atoms with Crippen LogP contribution in [0.5, 0.6) is 0 Å². The third-order valence-corrected chi connectivity index (χ3v) is 5.94. The van der Waals surface area contributed by atoms with Crippen LogP contribution in [0.4, 0.5) is 0 Å². The fourth-order valence-corrected chi connectivity index (χ4v) is 3.67. The molecular weight excluding hydrogens is 436 g/mol. The number of imidazole rings is 1. The average molecular weight is 469 g/mol. The molecule has 3 amide bonds. The van der Waals surface area contributed by atoms with Gasteiger partial charge < -0.3 is 31.4 Å². The number of carbonyl (C=O) groups is 4. The Morgan fingerprint density at radius 3 is 2.50 bits per heavy atom. The first-order chi connectivity index (χ1) is 15.3. The minimum atomic E-state index is -1.20. The number of nitrogens with one attached hydrogen (secondary N) is 5. The van der Waals surface area contributed by atoms with E-state index < -0.39 is 35.9 Å². The van der Waals surface area contributed by atoms with Gasteiger partial charge in [0.05, 0.1) is 12.4 Å². The Balaban J connectivity index is 2.04. The standard InChI is InChI=1S/C20H32N6O5S/c1-3-11(2)16(19(29)24-14(20(30)31)7-12-8-21-10-23-12)26-18(28)15(9-32)25-17(27)13-5-4-6-22-13/h8,10-11,13-16,22,32H,3-7,9H2,1-2H3,(H,21,23)(H,24,29)(H,25,27)(H,26,28)(H,30,31). The number of carboxylic acid groups (broad SMARTS) is 1. The SMILES string of the molecule is CCC(C)C(NC(=O)C(CS)NC(=O)C1CCCN1)C(=O)NC(Cc1cnc[nH]1)C(=O)O. The smallest absolute Gasteiger partial charge is 0.326 e. The maximum atomic E-state index is 12.9. The van der Waals surface area contributed by atoms with Gasteiger partial charge in [0.25, 0.3) is 0 Å². The number of H-pyrrole nitrogens is 1. The quantitative estimate of drug-likeness (QED) is 0.198. The molecule has 2 heterocycles. The van der Waals surface area contributed by atoms with Crippen LogP contribution in [-0.4, -0.2) is 75.2 Å². The lowest BCUT2D eigenvalue weighted by Crippen LogP contribution is -2.59. The van der Waals surface area contributed by atoms with Gasteiger partial charge in [-0.3, -0.25) is 14.4 Å². The number of carboxylic acids is 1. The number of aromatic nitrogens is 2. The van der Waals surface area contributed by atoms with Crippen molar-refractivity contribution in [3.63, 3.8) is 0 Å². The maximum Gasteiger partial charge on any atom is 0.326 e. The van der Waals surface area contributed by atoms with Crippen molar-refractivity contribution in [1.82, 2.24) is 31.2 Å². The van der Waals surface area contributed by atoms with Crippen LogP contribution in [-0.2, 0) is 25.6 Å². The molecule has 1 aromatic rings. The van der Waals surface area contributed by atoms with Crippen LogP contribution < -0.4 is 21.3 Å². The summed E-state index contributed by atoms with van der Waals surface area (Å²) in [5.41, 5.74) is 0.556. The van der Waals surface area contributed by atoms with Crippen LogP contribution in [0.3, 0.4) is 0 Å². The normalized spacial score (nSPS) is 19.4. The molecule has 0 aromatic carbocycles. The Labute approximate surface area is 192 Å². The summed E-state index contributed by atoms with van der Waals surface area (Å²) in [5.74, 6) is -2.86. The number of thiol groups is 1. The number of amides is 3. The lowest BCUT2D eigenvalue weighted by molar-refractivity contribution is -0.142. The van der Waals surface area contributed by atoms with Crippen molar-refractivity contribution >= 4 is 36.3 Å². The Bertz CT molecular complexity index is 783. The molecule has 6 N–H and O–H groups in total. The molecule has 1 aliphatic heterocycles. The highest BCUT2D eigenvalue weighted by Crippen LogP contribution is 2.11. The van der Waals surface area contributed by atoms with Gasteiger partial charge in [0.1, 0.15) is 18.1 Å². The molecule has 2 rings (SSSR count). The molecule has 1 saturated heterocycles. The van der Waals surface area contributed by atoms with E-state index in [2.05, 4.69) is 43.9 Å². The molecule has 32 heavy (non-hydrogen) atoms. The Morgan fingerprint density at radius 2 is 1.97 bits per heavy atom. The van der Waals surface area contributed by atoms with E-state index in [-0.39, 0.29) is 30.0 Å². The Hall–Kier alpha value is -2.60. The average Bonchev–Trinajstić information content (AvgIpc) is 3.48. The number of aromatic amines is 1. The molecule has 1 fully saturated rings. The van der Waals surface area contributed by atoms with Crippen molar-refractivity contribution in [3.05, 3.63) is 18.2 Å². The summed E-state index contributed by atoms with van der Waals surface area (Å²) in [5, 5.41) is 20.4. The summed E-state index contributed by atoms with van der Waals surface area (Å²) in [7, 11) is 0. The molecule has 12 heteroatoms. The molecular formula is C20H32N6O5S. The van der Waals surface area contributed by atoms with E-state index in [1.165, 1.54) is 12.5 Å². The summed E-state index contributed by atoms with van der Waals surface area (Å²) in [4.78, 5) is 56.4. The molecule has 0 bridgehead atoms. The van der Waals surface area contributed by atoms with Crippen molar-refractivity contribution < 1.29 is 24.3 Å². The summed E-state index contributed by atoms with van der Waals surface area (Å²) in [6, 6.07) is -3.44. The van der Waals surface area contributed by atoms with Gasteiger partial charge in [-0.2, -0.15) is 12.6 Å². The highest BCUT2D eigenvalue weighted by molar-refractivity contribution is 7.80. The minimum absolute atomic E-state index is 0.0198. The van der Waals surface area contributed by atoms with Crippen LogP contribution in [0.25, 0.3) is 0 Å². The van der Waals surface area contributed by atoms with Gasteiger partial charge >= 0.3 is 5.97 Å². The van der Waals surface area contributed by atoms with Crippen molar-refractivity contribution in [2.24, 2.45) is 5.92 Å². The van der Waals surface area contributed by atoms with E-state index in [9.17, 15) is 24.3 Å². The zero-order valence-electron chi connectivity index (χ0n) is 18.3. The van der Waals surface area contributed by atoms with Crippen molar-refractivity contribution in [2.45, 2.75) is 63.7 Å². The second-order valence-corrected chi connectivity index (χ2v) is 8.31. The predicted octanol–water partition coefficient (Wildman–Crippen LogP) is -0.781. The number of hydrogen-bond acceptors (Lipinski definition) is 7. The third kappa shape index (κ3) is 7.23. The number of aliphatic carboxylic acids is 1. The lowest BCUT2D eigenvalue weighted by atomic mass is 9.97. The van der Waals surface area contributed by atoms with Crippen LogP contribution in [0.1, 0.15) is 38.8 Å². The van der Waals surface area contributed by atoms with Crippen LogP contribution in [0, 0.1) is 5.92 Å². The summed E-state index contributed by atoms with van der Waals surface area (Å²) in [6.45, 7) is 4.39. The third-order valence-electron chi connectivity index (χ3n) is 5.58. The number of nitrogens with zero attached hydrogens (tertiary/aromatic N) is 1. The van der Waals surface area contributed by atoms with Gasteiger partial charge in [-0.05, 0) is 25.3 Å². The van der Waals surface area contributed by atoms with Gasteiger partial charge in [-0.1, -0.05) is 20.3 Å². The van der Waals surface area contributed by atoms with Gasteiger partial charge in [0.15, 0.2) is 0 Å². The summed E-state index contributed by atoms with van der Waals surface area (Å²) < 4.78 is 0. The molecule has 11 nitrogen and oxygen atoms in total. The summed E-state index contributed by atoms with van der Waals surface area (Å²) in [6.07, 6.45) is 5.07. The molecule has 1 aliphatic rings. The van der Waals surface area contributed by atoms with Crippen LogP contribution in [0.2, 0.25) is 0 Å². The monoisotopic (exact) mass is 468 g/mol. The minimum Gasteiger partial charge on any atom is -0.480 e. The number of rotatable bonds is 12. The number of hydrogen-bond donors (Lipinski definition) is 7. The molecule has 0 aliphatic carbocycles. The van der Waals surface area contributed by atoms with Crippen molar-refractivity contribution in [2.75, 3.05) is 12.3 Å². The zero-order chi connectivity index (χ0) is 23.7. The molecule has 5 atom stereocenters. The van der Waals surface area contributed by atoms with Gasteiger partial charge in [-0.25, -0.2) is 9.78 Å². The highest BCUT2D eigenvalue weighted by Gasteiger charge is 2.33. The van der Waals surface area contributed by atoms with E-state index in [0.717, 1.165) is 13.0 Å². The molecule has 0 saturated carbocycles. The molecule has 5 unspecified atom stereocenters. The lowest BCUT2D eigenvalue weighted by Gasteiger charge is -2.27. The van der Waals surface area contributed by atoms with E-state index in [4.69, 9.17) is 0 Å². The number of carbonyl (C=O) groups excluding carboxylic acids is 3.